The number of halogens is 1. The maximum Gasteiger partial charge on any atom is 0.243 e. The van der Waals surface area contributed by atoms with Crippen LogP contribution < -0.4 is 21.3 Å². The minimum atomic E-state index is -0.881. The van der Waals surface area contributed by atoms with E-state index in [0.29, 0.717) is 25.8 Å². The summed E-state index contributed by atoms with van der Waals surface area (Å²) in [6.45, 7) is 5.80. The molecule has 0 aliphatic carbocycles. The normalized spacial score (nSPS) is 12.9. The van der Waals surface area contributed by atoms with Crippen LogP contribution in [0.1, 0.15) is 64.0 Å². The van der Waals surface area contributed by atoms with Crippen molar-refractivity contribution in [2.24, 2.45) is 5.92 Å². The van der Waals surface area contributed by atoms with Crippen LogP contribution in [-0.2, 0) is 32.1 Å². The fourth-order valence-electron chi connectivity index (χ4n) is 4.18. The first kappa shape index (κ1) is 33.6. The molecule has 0 aliphatic heterocycles. The molecule has 2 aromatic carbocycles. The highest BCUT2D eigenvalue weighted by Crippen LogP contribution is 2.12. The molecule has 0 bridgehead atoms. The van der Waals surface area contributed by atoms with Crippen LogP contribution in [-0.4, -0.2) is 41.8 Å². The van der Waals surface area contributed by atoms with Crippen molar-refractivity contribution in [1.82, 2.24) is 21.3 Å². The SMILES string of the molecule is C#CCCCCC(=O)N[C@@H](Cc1ccccc1)C(=O)N[C@@H](CC(C)C)C(=O)N[C@@H](C)C(=O)NCc1cccc(Br)c1. The molecular formula is C32H41BrN4O4. The lowest BCUT2D eigenvalue weighted by atomic mass is 10.0. The van der Waals surface area contributed by atoms with Crippen LogP contribution in [0.15, 0.2) is 59.1 Å². The second-order valence-corrected chi connectivity index (χ2v) is 11.4. The van der Waals surface area contributed by atoms with Crippen LogP contribution in [0.3, 0.4) is 0 Å². The van der Waals surface area contributed by atoms with E-state index in [0.717, 1.165) is 22.0 Å². The van der Waals surface area contributed by atoms with Crippen molar-refractivity contribution in [3.63, 3.8) is 0 Å². The van der Waals surface area contributed by atoms with Gasteiger partial charge in [-0.1, -0.05) is 72.2 Å². The van der Waals surface area contributed by atoms with Gasteiger partial charge in [0.15, 0.2) is 0 Å². The molecule has 220 valence electrons. The van der Waals surface area contributed by atoms with E-state index in [2.05, 4.69) is 43.1 Å². The first-order chi connectivity index (χ1) is 19.6. The van der Waals surface area contributed by atoms with Crippen LogP contribution in [0.2, 0.25) is 0 Å². The van der Waals surface area contributed by atoms with Crippen LogP contribution in [0.25, 0.3) is 0 Å². The average molecular weight is 626 g/mol. The first-order valence-corrected chi connectivity index (χ1v) is 14.8. The molecule has 4 N–H and O–H groups in total. The van der Waals surface area contributed by atoms with Gasteiger partial charge in [0.25, 0.3) is 0 Å². The van der Waals surface area contributed by atoms with Crippen LogP contribution >= 0.6 is 15.9 Å². The third-order valence-electron chi connectivity index (χ3n) is 6.36. The first-order valence-electron chi connectivity index (χ1n) is 14.0. The maximum absolute atomic E-state index is 13.4. The highest BCUT2D eigenvalue weighted by Gasteiger charge is 2.29. The number of benzene rings is 2. The second kappa shape index (κ2) is 17.9. The van der Waals surface area contributed by atoms with E-state index in [-0.39, 0.29) is 30.6 Å². The lowest BCUT2D eigenvalue weighted by Crippen LogP contribution is -2.56. The smallest absolute Gasteiger partial charge is 0.243 e. The molecule has 0 spiro atoms. The van der Waals surface area contributed by atoms with Crippen LogP contribution in [0.4, 0.5) is 0 Å². The van der Waals surface area contributed by atoms with Gasteiger partial charge in [-0.2, -0.15) is 0 Å². The van der Waals surface area contributed by atoms with E-state index in [1.54, 1.807) is 6.92 Å². The van der Waals surface area contributed by atoms with Crippen molar-refractivity contribution in [1.29, 1.82) is 0 Å². The Balaban J connectivity index is 2.06. The third-order valence-corrected chi connectivity index (χ3v) is 6.85. The monoisotopic (exact) mass is 624 g/mol. The van der Waals surface area contributed by atoms with Gasteiger partial charge in [0.05, 0.1) is 0 Å². The molecule has 0 radical (unpaired) electrons. The number of rotatable bonds is 16. The van der Waals surface area contributed by atoms with Gasteiger partial charge >= 0.3 is 0 Å². The highest BCUT2D eigenvalue weighted by molar-refractivity contribution is 9.10. The molecule has 3 atom stereocenters. The van der Waals surface area contributed by atoms with Crippen LogP contribution in [0.5, 0.6) is 0 Å². The zero-order valence-electron chi connectivity index (χ0n) is 24.0. The summed E-state index contributed by atoms with van der Waals surface area (Å²) < 4.78 is 0.906. The molecule has 9 heteroatoms. The van der Waals surface area contributed by atoms with Gasteiger partial charge < -0.3 is 21.3 Å². The predicted molar refractivity (Wildman–Crippen MR) is 164 cm³/mol. The van der Waals surface area contributed by atoms with E-state index < -0.39 is 29.9 Å². The summed E-state index contributed by atoms with van der Waals surface area (Å²) in [5.74, 6) is 1.13. The summed E-state index contributed by atoms with van der Waals surface area (Å²) in [5, 5.41) is 11.2. The number of carbonyl (C=O) groups excluding carboxylic acids is 4. The van der Waals surface area contributed by atoms with Gasteiger partial charge in [-0.15, -0.1) is 12.3 Å². The van der Waals surface area contributed by atoms with Crippen LogP contribution in [0, 0.1) is 18.3 Å². The fraction of sp³-hybridized carbons (Fsp3) is 0.438. The molecule has 0 saturated heterocycles. The molecule has 8 nitrogen and oxygen atoms in total. The molecule has 41 heavy (non-hydrogen) atoms. The molecule has 0 heterocycles. The highest BCUT2D eigenvalue weighted by atomic mass is 79.9. The molecule has 0 aromatic heterocycles. The lowest BCUT2D eigenvalue weighted by molar-refractivity contribution is -0.133. The van der Waals surface area contributed by atoms with Gasteiger partial charge in [0.2, 0.25) is 23.6 Å². The van der Waals surface area contributed by atoms with Gasteiger partial charge in [-0.25, -0.2) is 0 Å². The Labute approximate surface area is 251 Å². The number of hydrogen-bond donors (Lipinski definition) is 4. The lowest BCUT2D eigenvalue weighted by Gasteiger charge is -2.25. The minimum Gasteiger partial charge on any atom is -0.350 e. The minimum absolute atomic E-state index is 0.0880. The van der Waals surface area contributed by atoms with Crippen molar-refractivity contribution in [2.45, 2.75) is 84.0 Å². The Hall–Kier alpha value is -3.64. The maximum atomic E-state index is 13.4. The Kier molecular flexibility index (Phi) is 14.7. The summed E-state index contributed by atoms with van der Waals surface area (Å²) >= 11 is 3.41. The molecule has 4 amide bonds. The number of unbranched alkanes of at least 4 members (excludes halogenated alkanes) is 2. The predicted octanol–water partition coefficient (Wildman–Crippen LogP) is 4.02. The summed E-state index contributed by atoms with van der Waals surface area (Å²) in [6.07, 6.45) is 8.11. The fourth-order valence-corrected chi connectivity index (χ4v) is 4.63. The largest absolute Gasteiger partial charge is 0.350 e. The molecule has 2 aromatic rings. The number of hydrogen-bond acceptors (Lipinski definition) is 4. The zero-order valence-corrected chi connectivity index (χ0v) is 25.6. The summed E-state index contributed by atoms with van der Waals surface area (Å²) in [7, 11) is 0. The molecule has 0 fully saturated rings. The number of carbonyl (C=O) groups is 4. The van der Waals surface area contributed by atoms with Crippen molar-refractivity contribution < 1.29 is 19.2 Å². The molecular weight excluding hydrogens is 584 g/mol. The average Bonchev–Trinajstić information content (AvgIpc) is 2.93. The van der Waals surface area contributed by atoms with E-state index in [1.807, 2.05) is 68.4 Å². The third kappa shape index (κ3) is 13.0. The standard InChI is InChI=1S/C32H41BrN4O4/c1-5-6-7-11-17-29(38)36-28(20-24-13-9-8-10-14-24)32(41)37-27(18-22(2)3)31(40)35-23(4)30(39)34-21-25-15-12-16-26(33)19-25/h1,8-10,12-16,19,22-23,27-28H,6-7,11,17-18,20-21H2,2-4H3,(H,34,39)(H,35,40)(H,36,38)(H,37,41)/t23-,27-,28-/m0/s1. The molecule has 0 saturated carbocycles. The van der Waals surface area contributed by atoms with Gasteiger partial charge in [-0.05, 0) is 55.4 Å². The Morgan fingerprint density at radius 3 is 2.17 bits per heavy atom. The van der Waals surface area contributed by atoms with E-state index in [1.165, 1.54) is 0 Å². The number of terminal acetylenes is 1. The second-order valence-electron chi connectivity index (χ2n) is 10.5. The van der Waals surface area contributed by atoms with Gasteiger partial charge in [-0.3, -0.25) is 19.2 Å². The van der Waals surface area contributed by atoms with Crippen molar-refractivity contribution >= 4 is 39.6 Å². The summed E-state index contributed by atoms with van der Waals surface area (Å²) in [5.41, 5.74) is 1.79. The molecule has 0 unspecified atom stereocenters. The topological polar surface area (TPSA) is 116 Å². The quantitative estimate of drug-likeness (QED) is 0.167. The van der Waals surface area contributed by atoms with E-state index >= 15 is 0 Å². The molecule has 2 rings (SSSR count). The molecule has 0 aliphatic rings. The summed E-state index contributed by atoms with van der Waals surface area (Å²) in [6, 6.07) is 14.4. The van der Waals surface area contributed by atoms with E-state index in [4.69, 9.17) is 6.42 Å². The van der Waals surface area contributed by atoms with Crippen molar-refractivity contribution in [3.8, 4) is 12.3 Å². The zero-order chi connectivity index (χ0) is 30.2. The van der Waals surface area contributed by atoms with Crippen molar-refractivity contribution in [2.75, 3.05) is 0 Å². The Morgan fingerprint density at radius 1 is 0.829 bits per heavy atom. The Bertz CT molecular complexity index is 1200. The van der Waals surface area contributed by atoms with E-state index in [9.17, 15) is 19.2 Å². The van der Waals surface area contributed by atoms with Crippen molar-refractivity contribution in [3.05, 3.63) is 70.2 Å². The van der Waals surface area contributed by atoms with Gasteiger partial charge in [0, 0.05) is 30.3 Å². The number of amides is 4. The van der Waals surface area contributed by atoms with Gasteiger partial charge in [0.1, 0.15) is 18.1 Å². The Morgan fingerprint density at radius 2 is 1.51 bits per heavy atom. The number of nitrogens with one attached hydrogen (secondary N) is 4. The summed E-state index contributed by atoms with van der Waals surface area (Å²) in [4.78, 5) is 52.0.